The molecule has 0 saturated heterocycles. The van der Waals surface area contributed by atoms with Crippen molar-refractivity contribution in [3.05, 3.63) is 0 Å². The van der Waals surface area contributed by atoms with E-state index >= 15 is 0 Å². The maximum Gasteiger partial charge on any atom is 0.221 e. The third-order valence-corrected chi connectivity index (χ3v) is 2.83. The number of nitrogens with one attached hydrogen (secondary N) is 1. The van der Waals surface area contributed by atoms with Crippen LogP contribution in [0.15, 0.2) is 0 Å². The molecule has 0 bridgehead atoms. The van der Waals surface area contributed by atoms with Gasteiger partial charge in [-0.25, -0.2) is 0 Å². The molecule has 4 heteroatoms. The van der Waals surface area contributed by atoms with E-state index in [1.807, 2.05) is 6.26 Å². The first-order valence-corrected chi connectivity index (χ1v) is 6.87. The van der Waals surface area contributed by atoms with E-state index in [-0.39, 0.29) is 11.9 Å². The Hall–Kier alpha value is 0.110. The van der Waals surface area contributed by atoms with Crippen molar-refractivity contribution in [3.63, 3.8) is 0 Å². The molecule has 0 aliphatic rings. The van der Waals surface area contributed by atoms with E-state index in [9.17, 15) is 4.79 Å². The Balaban J connectivity index is 3.74. The van der Waals surface area contributed by atoms with E-state index < -0.39 is 0 Å². The summed E-state index contributed by atoms with van der Waals surface area (Å²) in [5, 5.41) is 2.95. The van der Waals surface area contributed by atoms with Gasteiger partial charge in [-0.2, -0.15) is 11.8 Å². The van der Waals surface area contributed by atoms with Crippen LogP contribution in [-0.4, -0.2) is 29.8 Å². The van der Waals surface area contributed by atoms with E-state index in [0.717, 1.165) is 12.2 Å². The van der Waals surface area contributed by atoms with Crippen LogP contribution in [0.25, 0.3) is 0 Å². The highest BCUT2D eigenvalue weighted by Crippen LogP contribution is 2.06. The molecule has 84 valence electrons. The molecule has 0 saturated carbocycles. The standard InChI is InChI=1S/C10H20ClNOS/c1-8(2)6-9(7-11)12-10(13)4-5-14-3/h8-9H,4-7H2,1-3H3,(H,12,13). The van der Waals surface area contributed by atoms with Gasteiger partial charge >= 0.3 is 0 Å². The van der Waals surface area contributed by atoms with Crippen LogP contribution in [0.3, 0.4) is 0 Å². The largest absolute Gasteiger partial charge is 0.352 e. The van der Waals surface area contributed by atoms with E-state index in [2.05, 4.69) is 19.2 Å². The summed E-state index contributed by atoms with van der Waals surface area (Å²) in [6, 6.07) is 0.131. The molecule has 0 aliphatic heterocycles. The molecule has 0 fully saturated rings. The zero-order valence-electron chi connectivity index (χ0n) is 9.18. The third kappa shape index (κ3) is 7.51. The van der Waals surface area contributed by atoms with Crippen LogP contribution in [0.1, 0.15) is 26.7 Å². The van der Waals surface area contributed by atoms with Crippen molar-refractivity contribution in [2.24, 2.45) is 5.92 Å². The maximum absolute atomic E-state index is 11.4. The molecule has 0 spiro atoms. The van der Waals surface area contributed by atoms with Crippen LogP contribution in [0.5, 0.6) is 0 Å². The van der Waals surface area contributed by atoms with E-state index in [1.54, 1.807) is 11.8 Å². The molecule has 0 aliphatic carbocycles. The Labute approximate surface area is 96.2 Å². The van der Waals surface area contributed by atoms with Crippen LogP contribution < -0.4 is 5.32 Å². The zero-order valence-corrected chi connectivity index (χ0v) is 10.8. The van der Waals surface area contributed by atoms with Gasteiger partial charge in [0.25, 0.3) is 0 Å². The first kappa shape index (κ1) is 14.1. The van der Waals surface area contributed by atoms with E-state index in [0.29, 0.717) is 18.2 Å². The van der Waals surface area contributed by atoms with Crippen LogP contribution in [0, 0.1) is 5.92 Å². The van der Waals surface area contributed by atoms with Crippen LogP contribution in [-0.2, 0) is 4.79 Å². The monoisotopic (exact) mass is 237 g/mol. The average Bonchev–Trinajstić information content (AvgIpc) is 2.12. The first-order valence-electron chi connectivity index (χ1n) is 4.94. The van der Waals surface area contributed by atoms with Crippen molar-refractivity contribution in [2.45, 2.75) is 32.7 Å². The predicted octanol–water partition coefficient (Wildman–Crippen LogP) is 2.51. The Morgan fingerprint density at radius 3 is 2.57 bits per heavy atom. The van der Waals surface area contributed by atoms with Gasteiger partial charge in [0.05, 0.1) is 0 Å². The summed E-state index contributed by atoms with van der Waals surface area (Å²) in [4.78, 5) is 11.4. The summed E-state index contributed by atoms with van der Waals surface area (Å²) >= 11 is 7.45. The molecule has 0 aromatic heterocycles. The number of carbonyl (C=O) groups is 1. The molecule has 0 aromatic rings. The second kappa shape index (κ2) is 8.42. The second-order valence-corrected chi connectivity index (χ2v) is 5.09. The Morgan fingerprint density at radius 2 is 2.14 bits per heavy atom. The Kier molecular flexibility index (Phi) is 8.49. The maximum atomic E-state index is 11.4. The van der Waals surface area contributed by atoms with Crippen LogP contribution >= 0.6 is 23.4 Å². The quantitative estimate of drug-likeness (QED) is 0.690. The molecule has 1 unspecified atom stereocenters. The van der Waals surface area contributed by atoms with Gasteiger partial charge < -0.3 is 5.32 Å². The van der Waals surface area contributed by atoms with Gasteiger partial charge in [0.1, 0.15) is 0 Å². The minimum atomic E-state index is 0.116. The van der Waals surface area contributed by atoms with E-state index in [4.69, 9.17) is 11.6 Å². The normalized spacial score (nSPS) is 12.9. The summed E-state index contributed by atoms with van der Waals surface area (Å²) in [5.74, 6) is 2.07. The number of alkyl halides is 1. The summed E-state index contributed by atoms with van der Waals surface area (Å²) in [6.45, 7) is 4.27. The zero-order chi connectivity index (χ0) is 11.0. The smallest absolute Gasteiger partial charge is 0.221 e. The fourth-order valence-corrected chi connectivity index (χ4v) is 1.82. The Bertz CT molecular complexity index is 164. The molecule has 1 N–H and O–H groups in total. The molecule has 14 heavy (non-hydrogen) atoms. The van der Waals surface area contributed by atoms with Gasteiger partial charge in [0.15, 0.2) is 0 Å². The average molecular weight is 238 g/mol. The molecule has 0 heterocycles. The highest BCUT2D eigenvalue weighted by atomic mass is 35.5. The van der Waals surface area contributed by atoms with Gasteiger partial charge in [0.2, 0.25) is 5.91 Å². The van der Waals surface area contributed by atoms with Crippen molar-refractivity contribution in [3.8, 4) is 0 Å². The lowest BCUT2D eigenvalue weighted by molar-refractivity contribution is -0.121. The lowest BCUT2D eigenvalue weighted by atomic mass is 10.1. The third-order valence-electron chi connectivity index (χ3n) is 1.84. The molecule has 2 nitrogen and oxygen atoms in total. The lowest BCUT2D eigenvalue weighted by Gasteiger charge is -2.17. The van der Waals surface area contributed by atoms with Gasteiger partial charge in [-0.3, -0.25) is 4.79 Å². The summed E-state index contributed by atoms with van der Waals surface area (Å²) < 4.78 is 0. The van der Waals surface area contributed by atoms with Crippen molar-refractivity contribution >= 4 is 29.3 Å². The minimum Gasteiger partial charge on any atom is -0.352 e. The van der Waals surface area contributed by atoms with Gasteiger partial charge in [-0.1, -0.05) is 13.8 Å². The molecule has 0 rings (SSSR count). The number of thioether (sulfide) groups is 1. The van der Waals surface area contributed by atoms with Crippen LogP contribution in [0.4, 0.5) is 0 Å². The summed E-state index contributed by atoms with van der Waals surface area (Å²) in [6.07, 6.45) is 3.54. The van der Waals surface area contributed by atoms with E-state index in [1.165, 1.54) is 0 Å². The molecular formula is C10H20ClNOS. The highest BCUT2D eigenvalue weighted by Gasteiger charge is 2.12. The minimum absolute atomic E-state index is 0.116. The van der Waals surface area contributed by atoms with Crippen molar-refractivity contribution in [2.75, 3.05) is 17.9 Å². The number of hydrogen-bond donors (Lipinski definition) is 1. The van der Waals surface area contributed by atoms with Gasteiger partial charge in [-0.15, -0.1) is 11.6 Å². The summed E-state index contributed by atoms with van der Waals surface area (Å²) in [5.41, 5.74) is 0. The van der Waals surface area contributed by atoms with Crippen LogP contribution in [0.2, 0.25) is 0 Å². The topological polar surface area (TPSA) is 29.1 Å². The molecule has 1 amide bonds. The molecule has 1 atom stereocenters. The lowest BCUT2D eigenvalue weighted by Crippen LogP contribution is -2.37. The van der Waals surface area contributed by atoms with Gasteiger partial charge in [-0.05, 0) is 18.6 Å². The van der Waals surface area contributed by atoms with Crippen molar-refractivity contribution in [1.29, 1.82) is 0 Å². The second-order valence-electron chi connectivity index (χ2n) is 3.79. The van der Waals surface area contributed by atoms with Crippen molar-refractivity contribution < 1.29 is 4.79 Å². The molecule has 0 aromatic carbocycles. The molecule has 0 radical (unpaired) electrons. The first-order chi connectivity index (χ1) is 6.60. The number of hydrogen-bond acceptors (Lipinski definition) is 2. The summed E-state index contributed by atoms with van der Waals surface area (Å²) in [7, 11) is 0. The fraction of sp³-hybridized carbons (Fsp3) is 0.900. The SMILES string of the molecule is CSCCC(=O)NC(CCl)CC(C)C. The molecular weight excluding hydrogens is 218 g/mol. The van der Waals surface area contributed by atoms with Crippen molar-refractivity contribution in [1.82, 2.24) is 5.32 Å². The number of rotatable bonds is 7. The fourth-order valence-electron chi connectivity index (χ4n) is 1.22. The number of amides is 1. The van der Waals surface area contributed by atoms with Gasteiger partial charge in [0, 0.05) is 24.1 Å². The number of halogens is 1. The number of carbonyl (C=O) groups excluding carboxylic acids is 1. The predicted molar refractivity (Wildman–Crippen MR) is 65.1 cm³/mol. The Morgan fingerprint density at radius 1 is 1.50 bits per heavy atom. The highest BCUT2D eigenvalue weighted by molar-refractivity contribution is 7.98.